The number of para-hydroxylation sites is 1. The Balaban J connectivity index is 1.29. The average molecular weight is 430 g/mol. The zero-order chi connectivity index (χ0) is 22.2. The largest absolute Gasteiger partial charge is 0.481 e. The van der Waals surface area contributed by atoms with Gasteiger partial charge in [-0.25, -0.2) is 4.98 Å². The van der Waals surface area contributed by atoms with E-state index < -0.39 is 0 Å². The van der Waals surface area contributed by atoms with Crippen LogP contribution in [-0.2, 0) is 19.5 Å². The van der Waals surface area contributed by atoms with E-state index in [1.54, 1.807) is 13.3 Å². The van der Waals surface area contributed by atoms with Crippen LogP contribution >= 0.6 is 0 Å². The number of benzene rings is 2. The molecular formula is C28H35N3O. The van der Waals surface area contributed by atoms with Crippen molar-refractivity contribution in [3.8, 4) is 5.88 Å². The fourth-order valence-corrected chi connectivity index (χ4v) is 4.80. The molecular weight excluding hydrogens is 394 g/mol. The summed E-state index contributed by atoms with van der Waals surface area (Å²) >= 11 is 0. The number of piperidine rings is 1. The van der Waals surface area contributed by atoms with E-state index in [1.165, 1.54) is 41.6 Å². The van der Waals surface area contributed by atoms with Gasteiger partial charge in [-0.1, -0.05) is 54.6 Å². The van der Waals surface area contributed by atoms with E-state index in [-0.39, 0.29) is 0 Å². The molecule has 0 spiro atoms. The van der Waals surface area contributed by atoms with Crippen LogP contribution in [0.1, 0.15) is 36.0 Å². The monoisotopic (exact) mass is 429 g/mol. The molecule has 0 N–H and O–H groups in total. The molecule has 168 valence electrons. The summed E-state index contributed by atoms with van der Waals surface area (Å²) in [6.45, 7) is 4.17. The number of methoxy groups -OCH3 is 1. The number of anilines is 1. The Hall–Kier alpha value is -2.85. The lowest BCUT2D eigenvalue weighted by Crippen LogP contribution is -2.33. The van der Waals surface area contributed by atoms with Crippen molar-refractivity contribution in [3.63, 3.8) is 0 Å². The van der Waals surface area contributed by atoms with Gasteiger partial charge in [-0.3, -0.25) is 4.90 Å². The molecule has 3 aromatic rings. The molecule has 1 fully saturated rings. The number of nitrogens with zero attached hydrogens (tertiary/aromatic N) is 3. The molecule has 1 aliphatic rings. The summed E-state index contributed by atoms with van der Waals surface area (Å²) in [4.78, 5) is 9.26. The molecule has 2 heterocycles. The lowest BCUT2D eigenvalue weighted by atomic mass is 9.90. The van der Waals surface area contributed by atoms with Gasteiger partial charge < -0.3 is 9.64 Å². The van der Waals surface area contributed by atoms with Crippen LogP contribution in [0.25, 0.3) is 0 Å². The van der Waals surface area contributed by atoms with Gasteiger partial charge in [-0.05, 0) is 68.0 Å². The second-order valence-electron chi connectivity index (χ2n) is 8.90. The van der Waals surface area contributed by atoms with Crippen LogP contribution in [0.2, 0.25) is 0 Å². The molecule has 0 atom stereocenters. The maximum absolute atomic E-state index is 5.42. The third-order valence-electron chi connectivity index (χ3n) is 6.63. The predicted octanol–water partition coefficient (Wildman–Crippen LogP) is 5.57. The molecule has 0 bridgehead atoms. The minimum Gasteiger partial charge on any atom is -0.481 e. The SMILES string of the molecule is COc1ncccc1CN1CCC(CCc2ccccc2N(C)Cc2ccccc2)CC1. The van der Waals surface area contributed by atoms with Crippen molar-refractivity contribution in [2.24, 2.45) is 5.92 Å². The van der Waals surface area contributed by atoms with Crippen LogP contribution in [0.15, 0.2) is 72.9 Å². The number of pyridine rings is 1. The molecule has 0 saturated carbocycles. The predicted molar refractivity (Wildman–Crippen MR) is 132 cm³/mol. The van der Waals surface area contributed by atoms with Crippen LogP contribution in [0, 0.1) is 5.92 Å². The number of likely N-dealkylation sites (tertiary alicyclic amines) is 1. The van der Waals surface area contributed by atoms with Crippen LogP contribution in [0.5, 0.6) is 5.88 Å². The van der Waals surface area contributed by atoms with E-state index in [0.29, 0.717) is 0 Å². The van der Waals surface area contributed by atoms with Crippen molar-refractivity contribution in [3.05, 3.63) is 89.6 Å². The Morgan fingerprint density at radius 1 is 0.938 bits per heavy atom. The lowest BCUT2D eigenvalue weighted by Gasteiger charge is -2.32. The molecule has 2 aromatic carbocycles. The number of aromatic nitrogens is 1. The Morgan fingerprint density at radius 3 is 2.44 bits per heavy atom. The van der Waals surface area contributed by atoms with Gasteiger partial charge in [0.05, 0.1) is 7.11 Å². The molecule has 32 heavy (non-hydrogen) atoms. The number of aryl methyl sites for hydroxylation is 1. The summed E-state index contributed by atoms with van der Waals surface area (Å²) in [5, 5.41) is 0. The molecule has 4 rings (SSSR count). The van der Waals surface area contributed by atoms with Gasteiger partial charge in [0, 0.05) is 37.6 Å². The maximum atomic E-state index is 5.42. The number of hydrogen-bond donors (Lipinski definition) is 0. The normalized spacial score (nSPS) is 14.9. The smallest absolute Gasteiger partial charge is 0.217 e. The standard InChI is InChI=1S/C28H35N3O/c1-30(21-24-9-4-3-5-10-24)27-13-7-6-11-25(27)15-14-23-16-19-31(20-17-23)22-26-12-8-18-29-28(26)32-2/h3-13,18,23H,14-17,19-22H2,1-2H3. The second-order valence-corrected chi connectivity index (χ2v) is 8.90. The van der Waals surface area contributed by atoms with Crippen molar-refractivity contribution < 1.29 is 4.74 Å². The summed E-state index contributed by atoms with van der Waals surface area (Å²) in [6, 6.07) is 23.8. The molecule has 0 unspecified atom stereocenters. The van der Waals surface area contributed by atoms with Crippen LogP contribution in [0.4, 0.5) is 5.69 Å². The highest BCUT2D eigenvalue weighted by Gasteiger charge is 2.21. The number of hydrogen-bond acceptors (Lipinski definition) is 4. The Bertz CT molecular complexity index is 967. The molecule has 0 radical (unpaired) electrons. The third kappa shape index (κ3) is 5.89. The van der Waals surface area contributed by atoms with E-state index in [1.807, 2.05) is 6.07 Å². The van der Waals surface area contributed by atoms with Crippen molar-refractivity contribution in [1.82, 2.24) is 9.88 Å². The number of rotatable bonds is 9. The maximum Gasteiger partial charge on any atom is 0.217 e. The van der Waals surface area contributed by atoms with Gasteiger partial charge in [0.15, 0.2) is 0 Å². The summed E-state index contributed by atoms with van der Waals surface area (Å²) < 4.78 is 5.42. The van der Waals surface area contributed by atoms with Crippen LogP contribution < -0.4 is 9.64 Å². The Labute approximate surface area is 192 Å². The average Bonchev–Trinajstić information content (AvgIpc) is 2.85. The first-order chi connectivity index (χ1) is 15.7. The van der Waals surface area contributed by atoms with Gasteiger partial charge in [0.2, 0.25) is 5.88 Å². The third-order valence-corrected chi connectivity index (χ3v) is 6.63. The van der Waals surface area contributed by atoms with Crippen molar-refractivity contribution in [2.75, 3.05) is 32.1 Å². The minimum atomic E-state index is 0.755. The fourth-order valence-electron chi connectivity index (χ4n) is 4.80. The Morgan fingerprint density at radius 2 is 1.66 bits per heavy atom. The second kappa shape index (κ2) is 11.1. The Kier molecular flexibility index (Phi) is 7.78. The highest BCUT2D eigenvalue weighted by atomic mass is 16.5. The number of ether oxygens (including phenoxy) is 1. The lowest BCUT2D eigenvalue weighted by molar-refractivity contribution is 0.170. The van der Waals surface area contributed by atoms with Gasteiger partial charge >= 0.3 is 0 Å². The first-order valence-electron chi connectivity index (χ1n) is 11.8. The quantitative estimate of drug-likeness (QED) is 0.444. The highest BCUT2D eigenvalue weighted by Crippen LogP contribution is 2.28. The fraction of sp³-hybridized carbons (Fsp3) is 0.393. The highest BCUT2D eigenvalue weighted by molar-refractivity contribution is 5.53. The van der Waals surface area contributed by atoms with E-state index in [0.717, 1.165) is 44.4 Å². The van der Waals surface area contributed by atoms with Gasteiger partial charge in [0.25, 0.3) is 0 Å². The molecule has 0 amide bonds. The van der Waals surface area contributed by atoms with Crippen molar-refractivity contribution >= 4 is 5.69 Å². The molecule has 4 heteroatoms. The van der Waals surface area contributed by atoms with Crippen molar-refractivity contribution in [1.29, 1.82) is 0 Å². The molecule has 1 aromatic heterocycles. The molecule has 1 aliphatic heterocycles. The van der Waals surface area contributed by atoms with Crippen LogP contribution in [-0.4, -0.2) is 37.1 Å². The van der Waals surface area contributed by atoms with Gasteiger partial charge in [-0.2, -0.15) is 0 Å². The van der Waals surface area contributed by atoms with E-state index in [2.05, 4.69) is 82.5 Å². The van der Waals surface area contributed by atoms with Crippen molar-refractivity contribution in [2.45, 2.75) is 38.8 Å². The van der Waals surface area contributed by atoms with E-state index in [9.17, 15) is 0 Å². The molecule has 1 saturated heterocycles. The van der Waals surface area contributed by atoms with E-state index >= 15 is 0 Å². The van der Waals surface area contributed by atoms with Gasteiger partial charge in [0.1, 0.15) is 0 Å². The topological polar surface area (TPSA) is 28.6 Å². The van der Waals surface area contributed by atoms with E-state index in [4.69, 9.17) is 4.74 Å². The van der Waals surface area contributed by atoms with Gasteiger partial charge in [-0.15, -0.1) is 0 Å². The summed E-state index contributed by atoms with van der Waals surface area (Å²) in [5.41, 5.74) is 5.36. The molecule has 4 nitrogen and oxygen atoms in total. The summed E-state index contributed by atoms with van der Waals surface area (Å²) in [7, 11) is 3.91. The zero-order valence-electron chi connectivity index (χ0n) is 19.4. The zero-order valence-corrected chi connectivity index (χ0v) is 19.4. The van der Waals surface area contributed by atoms with Crippen LogP contribution in [0.3, 0.4) is 0 Å². The minimum absolute atomic E-state index is 0.755. The summed E-state index contributed by atoms with van der Waals surface area (Å²) in [6.07, 6.45) is 6.75. The molecule has 0 aliphatic carbocycles. The first kappa shape index (κ1) is 22.3. The summed E-state index contributed by atoms with van der Waals surface area (Å²) in [5.74, 6) is 1.56. The first-order valence-corrected chi connectivity index (χ1v) is 11.8.